The number of hydrogen-bond acceptors (Lipinski definition) is 5. The van der Waals surface area contributed by atoms with E-state index in [0.29, 0.717) is 22.8 Å². The molecule has 0 saturated heterocycles. The van der Waals surface area contributed by atoms with Crippen molar-refractivity contribution in [2.75, 3.05) is 25.2 Å². The summed E-state index contributed by atoms with van der Waals surface area (Å²) in [6.07, 6.45) is 0.627. The van der Waals surface area contributed by atoms with Crippen molar-refractivity contribution in [3.63, 3.8) is 0 Å². The molecule has 0 saturated carbocycles. The van der Waals surface area contributed by atoms with E-state index < -0.39 is 0 Å². The molecule has 1 N–H and O–H groups in total. The maximum Gasteiger partial charge on any atom is 0.253 e. The predicted octanol–water partition coefficient (Wildman–Crippen LogP) is 4.29. The molecule has 3 aromatic carbocycles. The Bertz CT molecular complexity index is 1270. The van der Waals surface area contributed by atoms with Crippen molar-refractivity contribution in [2.45, 2.75) is 11.6 Å². The van der Waals surface area contributed by atoms with Crippen LogP contribution in [0.1, 0.15) is 21.7 Å². The van der Waals surface area contributed by atoms with Crippen LogP contribution < -0.4 is 5.32 Å². The molecular weight excluding hydrogens is 446 g/mol. The maximum atomic E-state index is 12.7. The first-order chi connectivity index (χ1) is 16.5. The third-order valence-corrected chi connectivity index (χ3v) is 5.98. The molecule has 0 unspecified atom stereocenters. The lowest BCUT2D eigenvalue weighted by atomic mass is 10.1. The number of thioether (sulfide) groups is 1. The topological polar surface area (TPSA) is 80.1 Å². The van der Waals surface area contributed by atoms with E-state index in [1.807, 2.05) is 53.1 Å². The van der Waals surface area contributed by atoms with Gasteiger partial charge in [-0.1, -0.05) is 66.4 Å². The van der Waals surface area contributed by atoms with Crippen molar-refractivity contribution >= 4 is 29.3 Å². The molecule has 0 aliphatic rings. The monoisotopic (exact) mass is 471 g/mol. The molecule has 172 valence electrons. The van der Waals surface area contributed by atoms with Gasteiger partial charge in [0, 0.05) is 37.5 Å². The second-order valence-corrected chi connectivity index (χ2v) is 8.79. The smallest absolute Gasteiger partial charge is 0.253 e. The standard InChI is InChI=1S/C26H25N5O2S/c1-30(2)25(33)20-12-9-13-21(17-20)27-24(32)18-34-26-29-28-23(16-19-10-5-3-6-11-19)31(26)22-14-7-4-8-15-22/h3-15,17H,16,18H2,1-2H3,(H,27,32). The first-order valence-electron chi connectivity index (χ1n) is 10.8. The Kier molecular flexibility index (Phi) is 7.39. The fourth-order valence-electron chi connectivity index (χ4n) is 3.44. The highest BCUT2D eigenvalue weighted by Gasteiger charge is 2.17. The van der Waals surface area contributed by atoms with Gasteiger partial charge in [-0.25, -0.2) is 0 Å². The van der Waals surface area contributed by atoms with Gasteiger partial charge < -0.3 is 10.2 Å². The summed E-state index contributed by atoms with van der Waals surface area (Å²) in [5.41, 5.74) is 3.17. The molecule has 7 nitrogen and oxygen atoms in total. The van der Waals surface area contributed by atoms with E-state index in [1.165, 1.54) is 16.7 Å². The number of para-hydroxylation sites is 1. The molecular formula is C26H25N5O2S. The SMILES string of the molecule is CN(C)C(=O)c1cccc(NC(=O)CSc2nnc(Cc3ccccc3)n2-c2ccccc2)c1. The van der Waals surface area contributed by atoms with Crippen LogP contribution >= 0.6 is 11.8 Å². The van der Waals surface area contributed by atoms with Crippen LogP contribution in [0, 0.1) is 0 Å². The number of rotatable bonds is 8. The van der Waals surface area contributed by atoms with E-state index in [9.17, 15) is 9.59 Å². The van der Waals surface area contributed by atoms with Gasteiger partial charge in [0.15, 0.2) is 5.16 Å². The molecule has 0 aliphatic heterocycles. The number of hydrogen-bond donors (Lipinski definition) is 1. The summed E-state index contributed by atoms with van der Waals surface area (Å²) in [6, 6.07) is 26.9. The van der Waals surface area contributed by atoms with E-state index in [4.69, 9.17) is 0 Å². The molecule has 0 spiro atoms. The second kappa shape index (κ2) is 10.8. The number of aromatic nitrogens is 3. The molecule has 0 fully saturated rings. The first kappa shape index (κ1) is 23.3. The zero-order valence-corrected chi connectivity index (χ0v) is 19.8. The van der Waals surface area contributed by atoms with Gasteiger partial charge in [0.05, 0.1) is 5.75 Å². The highest BCUT2D eigenvalue weighted by molar-refractivity contribution is 7.99. The third-order valence-electron chi connectivity index (χ3n) is 5.05. The molecule has 2 amide bonds. The van der Waals surface area contributed by atoms with Gasteiger partial charge in [0.25, 0.3) is 5.91 Å². The Labute approximate surface area is 202 Å². The molecule has 4 rings (SSSR count). The normalized spacial score (nSPS) is 10.6. The van der Waals surface area contributed by atoms with Crippen molar-refractivity contribution in [1.29, 1.82) is 0 Å². The summed E-state index contributed by atoms with van der Waals surface area (Å²) < 4.78 is 1.99. The minimum absolute atomic E-state index is 0.118. The highest BCUT2D eigenvalue weighted by atomic mass is 32.2. The lowest BCUT2D eigenvalue weighted by molar-refractivity contribution is -0.113. The Morgan fingerprint density at radius 2 is 1.62 bits per heavy atom. The van der Waals surface area contributed by atoms with E-state index in [2.05, 4.69) is 27.6 Å². The number of anilines is 1. The van der Waals surface area contributed by atoms with Crippen molar-refractivity contribution in [3.05, 3.63) is 102 Å². The number of carbonyl (C=O) groups is 2. The van der Waals surface area contributed by atoms with Crippen molar-refractivity contribution in [2.24, 2.45) is 0 Å². The highest BCUT2D eigenvalue weighted by Crippen LogP contribution is 2.24. The summed E-state index contributed by atoms with van der Waals surface area (Å²) in [6.45, 7) is 0. The Balaban J connectivity index is 1.49. The van der Waals surface area contributed by atoms with Crippen molar-refractivity contribution < 1.29 is 9.59 Å². The van der Waals surface area contributed by atoms with Gasteiger partial charge >= 0.3 is 0 Å². The van der Waals surface area contributed by atoms with Gasteiger partial charge in [-0.2, -0.15) is 0 Å². The number of carbonyl (C=O) groups excluding carboxylic acids is 2. The summed E-state index contributed by atoms with van der Waals surface area (Å²) in [5.74, 6) is 0.650. The number of nitrogens with zero attached hydrogens (tertiary/aromatic N) is 4. The average Bonchev–Trinajstić information content (AvgIpc) is 3.25. The van der Waals surface area contributed by atoms with Crippen LogP contribution in [-0.4, -0.2) is 51.3 Å². The Morgan fingerprint density at radius 3 is 2.32 bits per heavy atom. The molecule has 8 heteroatoms. The summed E-state index contributed by atoms with van der Waals surface area (Å²) >= 11 is 1.32. The van der Waals surface area contributed by atoms with E-state index in [-0.39, 0.29) is 17.6 Å². The largest absolute Gasteiger partial charge is 0.345 e. The third kappa shape index (κ3) is 5.71. The maximum absolute atomic E-state index is 12.7. The lowest BCUT2D eigenvalue weighted by Crippen LogP contribution is -2.22. The van der Waals surface area contributed by atoms with Crippen LogP contribution in [0.4, 0.5) is 5.69 Å². The summed E-state index contributed by atoms with van der Waals surface area (Å²) in [7, 11) is 3.39. The number of nitrogens with one attached hydrogen (secondary N) is 1. The zero-order chi connectivity index (χ0) is 23.9. The van der Waals surface area contributed by atoms with Gasteiger partial charge in [-0.05, 0) is 35.9 Å². The van der Waals surface area contributed by atoms with Crippen LogP contribution in [0.25, 0.3) is 5.69 Å². The van der Waals surface area contributed by atoms with Crippen molar-refractivity contribution in [1.82, 2.24) is 19.7 Å². The van der Waals surface area contributed by atoms with E-state index in [1.54, 1.807) is 38.4 Å². The average molecular weight is 472 g/mol. The molecule has 34 heavy (non-hydrogen) atoms. The second-order valence-electron chi connectivity index (χ2n) is 7.85. The van der Waals surface area contributed by atoms with E-state index >= 15 is 0 Å². The summed E-state index contributed by atoms with van der Waals surface area (Å²) in [4.78, 5) is 26.4. The molecule has 0 radical (unpaired) electrons. The van der Waals surface area contributed by atoms with Gasteiger partial charge in [0.2, 0.25) is 5.91 Å². The molecule has 4 aromatic rings. The minimum atomic E-state index is -0.188. The zero-order valence-electron chi connectivity index (χ0n) is 19.0. The van der Waals surface area contributed by atoms with Crippen LogP contribution in [0.2, 0.25) is 0 Å². The fourth-order valence-corrected chi connectivity index (χ4v) is 4.21. The Hall–Kier alpha value is -3.91. The predicted molar refractivity (Wildman–Crippen MR) is 134 cm³/mol. The van der Waals surface area contributed by atoms with Gasteiger partial charge in [0.1, 0.15) is 5.82 Å². The van der Waals surface area contributed by atoms with Crippen LogP contribution in [0.15, 0.2) is 90.1 Å². The fraction of sp³-hybridized carbons (Fsp3) is 0.154. The van der Waals surface area contributed by atoms with Crippen molar-refractivity contribution in [3.8, 4) is 5.69 Å². The van der Waals surface area contributed by atoms with Gasteiger partial charge in [-0.3, -0.25) is 14.2 Å². The number of amides is 2. The van der Waals surface area contributed by atoms with Crippen LogP contribution in [-0.2, 0) is 11.2 Å². The van der Waals surface area contributed by atoms with E-state index in [0.717, 1.165) is 17.1 Å². The lowest BCUT2D eigenvalue weighted by Gasteiger charge is -2.12. The molecule has 0 aliphatic carbocycles. The molecule has 0 atom stereocenters. The van der Waals surface area contributed by atoms with Gasteiger partial charge in [-0.15, -0.1) is 10.2 Å². The number of benzene rings is 3. The summed E-state index contributed by atoms with van der Waals surface area (Å²) in [5, 5.41) is 12.3. The van der Waals surface area contributed by atoms with Crippen LogP contribution in [0.3, 0.4) is 0 Å². The minimum Gasteiger partial charge on any atom is -0.345 e. The molecule has 0 bridgehead atoms. The van der Waals surface area contributed by atoms with Crippen LogP contribution in [0.5, 0.6) is 0 Å². The molecule has 1 heterocycles. The quantitative estimate of drug-likeness (QED) is 0.388. The Morgan fingerprint density at radius 1 is 0.912 bits per heavy atom. The molecule has 1 aromatic heterocycles. The first-order valence-corrected chi connectivity index (χ1v) is 11.8.